The second-order valence-corrected chi connectivity index (χ2v) is 7.84. The van der Waals surface area contributed by atoms with Crippen LogP contribution in [0.25, 0.3) is 10.1 Å². The second-order valence-electron chi connectivity index (χ2n) is 4.38. The smallest absolute Gasteiger partial charge is 0.192 e. The van der Waals surface area contributed by atoms with Gasteiger partial charge >= 0.3 is 0 Å². The lowest BCUT2D eigenvalue weighted by atomic mass is 10.00. The van der Waals surface area contributed by atoms with E-state index in [4.69, 9.17) is 34.8 Å². The van der Waals surface area contributed by atoms with E-state index in [1.165, 1.54) is 5.39 Å². The number of benzene rings is 1. The summed E-state index contributed by atoms with van der Waals surface area (Å²) >= 11 is 19.0. The van der Waals surface area contributed by atoms with Crippen LogP contribution in [0.3, 0.4) is 0 Å². The van der Waals surface area contributed by atoms with Crippen molar-refractivity contribution in [1.29, 1.82) is 0 Å². The summed E-state index contributed by atoms with van der Waals surface area (Å²) in [5.74, 6) is 0. The van der Waals surface area contributed by atoms with E-state index >= 15 is 0 Å². The number of nitrogens with one attached hydrogen (secondary N) is 1. The molecule has 1 aromatic heterocycles. The Labute approximate surface area is 131 Å². The lowest BCUT2D eigenvalue weighted by molar-refractivity contribution is 0.128. The van der Waals surface area contributed by atoms with Gasteiger partial charge < -0.3 is 10.4 Å². The van der Waals surface area contributed by atoms with E-state index in [9.17, 15) is 5.11 Å². The first-order chi connectivity index (χ1) is 8.90. The van der Waals surface area contributed by atoms with E-state index in [2.05, 4.69) is 5.32 Å². The van der Waals surface area contributed by atoms with Crippen molar-refractivity contribution in [3.63, 3.8) is 0 Å². The van der Waals surface area contributed by atoms with Crippen molar-refractivity contribution in [2.45, 2.75) is 22.4 Å². The lowest BCUT2D eigenvalue weighted by Gasteiger charge is -2.26. The lowest BCUT2D eigenvalue weighted by Crippen LogP contribution is -2.35. The molecule has 1 heterocycles. The average molecular weight is 339 g/mol. The standard InChI is InChI=1S/C13H14Cl3NOS/c1-17-10(7-13(14,15)16)12(18)9-3-2-8-4-5-19-11(8)6-9/h2-6,10,12,17-18H,7H2,1H3. The zero-order valence-electron chi connectivity index (χ0n) is 10.2. The van der Waals surface area contributed by atoms with Crippen LogP contribution in [0.1, 0.15) is 18.1 Å². The van der Waals surface area contributed by atoms with Gasteiger partial charge in [0, 0.05) is 17.2 Å². The number of hydrogen-bond donors (Lipinski definition) is 2. The van der Waals surface area contributed by atoms with Crippen molar-refractivity contribution in [2.24, 2.45) is 0 Å². The molecule has 0 amide bonds. The maximum absolute atomic E-state index is 10.4. The van der Waals surface area contributed by atoms with Crippen molar-refractivity contribution in [3.05, 3.63) is 35.2 Å². The molecule has 1 aromatic carbocycles. The van der Waals surface area contributed by atoms with Crippen LogP contribution in [0.4, 0.5) is 0 Å². The van der Waals surface area contributed by atoms with Gasteiger partial charge in [0.25, 0.3) is 0 Å². The number of alkyl halides is 3. The van der Waals surface area contributed by atoms with E-state index in [0.717, 1.165) is 10.3 Å². The highest BCUT2D eigenvalue weighted by molar-refractivity contribution is 7.17. The van der Waals surface area contributed by atoms with Crippen LogP contribution in [0, 0.1) is 0 Å². The van der Waals surface area contributed by atoms with Gasteiger partial charge in [0.1, 0.15) is 0 Å². The van der Waals surface area contributed by atoms with Crippen LogP contribution in [0.15, 0.2) is 29.6 Å². The molecule has 0 saturated heterocycles. The minimum Gasteiger partial charge on any atom is -0.387 e. The Balaban J connectivity index is 2.22. The molecule has 19 heavy (non-hydrogen) atoms. The van der Waals surface area contributed by atoms with Crippen molar-refractivity contribution >= 4 is 56.2 Å². The van der Waals surface area contributed by atoms with E-state index < -0.39 is 9.90 Å². The fourth-order valence-electron chi connectivity index (χ4n) is 2.01. The van der Waals surface area contributed by atoms with Gasteiger partial charge in [-0.25, -0.2) is 0 Å². The number of rotatable bonds is 4. The molecular weight excluding hydrogens is 325 g/mol. The van der Waals surface area contributed by atoms with Gasteiger partial charge in [-0.05, 0) is 35.5 Å². The minimum absolute atomic E-state index is 0.234. The van der Waals surface area contributed by atoms with Crippen molar-refractivity contribution in [1.82, 2.24) is 5.32 Å². The monoisotopic (exact) mass is 337 g/mol. The third-order valence-corrected chi connectivity index (χ3v) is 4.37. The highest BCUT2D eigenvalue weighted by Gasteiger charge is 2.29. The molecule has 0 fully saturated rings. The van der Waals surface area contributed by atoms with Crippen LogP contribution < -0.4 is 5.32 Å². The molecule has 2 aromatic rings. The van der Waals surface area contributed by atoms with E-state index in [0.29, 0.717) is 0 Å². The zero-order chi connectivity index (χ0) is 14.0. The van der Waals surface area contributed by atoms with Crippen molar-refractivity contribution in [2.75, 3.05) is 7.05 Å². The van der Waals surface area contributed by atoms with E-state index in [1.807, 2.05) is 29.6 Å². The van der Waals surface area contributed by atoms with Crippen molar-refractivity contribution in [3.8, 4) is 0 Å². The molecule has 0 saturated carbocycles. The molecule has 104 valence electrons. The van der Waals surface area contributed by atoms with Gasteiger partial charge in [-0.2, -0.15) is 0 Å². The fraction of sp³-hybridized carbons (Fsp3) is 0.385. The molecule has 0 aliphatic rings. The number of thiophene rings is 1. The summed E-state index contributed by atoms with van der Waals surface area (Å²) < 4.78 is -0.248. The normalized spacial score (nSPS) is 15.6. The Bertz CT molecular complexity index is 552. The molecule has 2 N–H and O–H groups in total. The summed E-state index contributed by atoms with van der Waals surface area (Å²) in [4.78, 5) is 0. The van der Waals surface area contributed by atoms with E-state index in [-0.39, 0.29) is 12.5 Å². The summed E-state index contributed by atoms with van der Waals surface area (Å²) in [6.07, 6.45) is -0.482. The average Bonchev–Trinajstić information content (AvgIpc) is 2.81. The van der Waals surface area contributed by atoms with Crippen LogP contribution in [-0.2, 0) is 0 Å². The number of fused-ring (bicyclic) bond motifs is 1. The first kappa shape index (κ1) is 15.4. The molecule has 2 atom stereocenters. The minimum atomic E-state index is -1.39. The number of hydrogen-bond acceptors (Lipinski definition) is 3. The predicted molar refractivity (Wildman–Crippen MR) is 84.5 cm³/mol. The molecule has 2 rings (SSSR count). The Kier molecular flexibility index (Phi) is 4.99. The van der Waals surface area contributed by atoms with Gasteiger partial charge in [0.05, 0.1) is 6.10 Å². The summed E-state index contributed by atoms with van der Waals surface area (Å²) in [5, 5.41) is 16.6. The number of likely N-dealkylation sites (N-methyl/N-ethyl adjacent to an activating group) is 1. The molecule has 2 nitrogen and oxygen atoms in total. The maximum Gasteiger partial charge on any atom is 0.192 e. The summed E-state index contributed by atoms with van der Waals surface area (Å²) in [6, 6.07) is 7.61. The highest BCUT2D eigenvalue weighted by atomic mass is 35.6. The predicted octanol–water partition coefficient (Wildman–Crippen LogP) is 4.28. The van der Waals surface area contributed by atoms with E-state index in [1.54, 1.807) is 18.4 Å². The SMILES string of the molecule is CNC(CC(Cl)(Cl)Cl)C(O)c1ccc2ccsc2c1. The fourth-order valence-corrected chi connectivity index (χ4v) is 3.34. The molecule has 0 radical (unpaired) electrons. The van der Waals surface area contributed by atoms with Crippen LogP contribution in [-0.4, -0.2) is 22.0 Å². The maximum atomic E-state index is 10.4. The third kappa shape index (κ3) is 3.97. The molecule has 6 heteroatoms. The molecular formula is C13H14Cl3NOS. The largest absolute Gasteiger partial charge is 0.387 e. The highest BCUT2D eigenvalue weighted by Crippen LogP contribution is 2.35. The van der Waals surface area contributed by atoms with Crippen molar-refractivity contribution < 1.29 is 5.11 Å². The third-order valence-electron chi connectivity index (χ3n) is 3.03. The molecule has 0 spiro atoms. The van der Waals surface area contributed by atoms with Gasteiger partial charge in [-0.1, -0.05) is 46.9 Å². The first-order valence-corrected chi connectivity index (χ1v) is 7.81. The summed E-state index contributed by atoms with van der Waals surface area (Å²) in [6.45, 7) is 0. The molecule has 0 bridgehead atoms. The summed E-state index contributed by atoms with van der Waals surface area (Å²) in [7, 11) is 1.74. The first-order valence-electron chi connectivity index (χ1n) is 5.80. The Morgan fingerprint density at radius 2 is 2.05 bits per heavy atom. The van der Waals surface area contributed by atoms with Crippen LogP contribution >= 0.6 is 46.1 Å². The van der Waals surface area contributed by atoms with Crippen LogP contribution in [0.2, 0.25) is 0 Å². The Morgan fingerprint density at radius 1 is 1.32 bits per heavy atom. The molecule has 0 aliphatic carbocycles. The number of aliphatic hydroxyl groups excluding tert-OH is 1. The van der Waals surface area contributed by atoms with Crippen LogP contribution in [0.5, 0.6) is 0 Å². The molecule has 0 aliphatic heterocycles. The Hall–Kier alpha value is -0.0300. The topological polar surface area (TPSA) is 32.3 Å². The van der Waals surface area contributed by atoms with Gasteiger partial charge in [-0.3, -0.25) is 0 Å². The second kappa shape index (κ2) is 6.17. The van der Waals surface area contributed by atoms with Gasteiger partial charge in [0.15, 0.2) is 3.79 Å². The van der Waals surface area contributed by atoms with Gasteiger partial charge in [-0.15, -0.1) is 11.3 Å². The Morgan fingerprint density at radius 3 is 2.68 bits per heavy atom. The quantitative estimate of drug-likeness (QED) is 0.815. The summed E-state index contributed by atoms with van der Waals surface area (Å²) in [5.41, 5.74) is 0.823. The number of halogens is 3. The molecule has 2 unspecified atom stereocenters. The zero-order valence-corrected chi connectivity index (χ0v) is 13.3. The number of aliphatic hydroxyl groups is 1. The van der Waals surface area contributed by atoms with Gasteiger partial charge in [0.2, 0.25) is 0 Å².